The molecule has 0 fully saturated rings. The van der Waals surface area contributed by atoms with Gasteiger partial charge in [-0.1, -0.05) is 91.0 Å². The van der Waals surface area contributed by atoms with Gasteiger partial charge >= 0.3 is 0 Å². The SMILES string of the molecule is O=Cc1c(N=Cc2ccccc2)c(C=O)c(N=Cc2ccccc2)c(C=O)c1N=Cc1ccccc1. The molecule has 0 radical (unpaired) electrons. The van der Waals surface area contributed by atoms with Gasteiger partial charge < -0.3 is 0 Å². The van der Waals surface area contributed by atoms with E-state index in [-0.39, 0.29) is 33.8 Å². The molecular formula is C30H21N3O3. The molecule has 174 valence electrons. The molecule has 36 heavy (non-hydrogen) atoms. The van der Waals surface area contributed by atoms with Gasteiger partial charge in [0.1, 0.15) is 0 Å². The second-order valence-corrected chi connectivity index (χ2v) is 7.65. The molecule has 0 atom stereocenters. The number of nitrogens with zero attached hydrogens (tertiary/aromatic N) is 3. The molecule has 0 aromatic heterocycles. The van der Waals surface area contributed by atoms with Gasteiger partial charge in [0.2, 0.25) is 0 Å². The van der Waals surface area contributed by atoms with Crippen LogP contribution in [0.2, 0.25) is 0 Å². The first-order valence-corrected chi connectivity index (χ1v) is 11.1. The molecule has 0 aliphatic heterocycles. The molecule has 0 spiro atoms. The molecule has 0 aliphatic carbocycles. The highest BCUT2D eigenvalue weighted by Gasteiger charge is 2.23. The van der Waals surface area contributed by atoms with Gasteiger partial charge in [0, 0.05) is 18.6 Å². The maximum atomic E-state index is 12.3. The molecule has 4 rings (SSSR count). The summed E-state index contributed by atoms with van der Waals surface area (Å²) < 4.78 is 0. The summed E-state index contributed by atoms with van der Waals surface area (Å²) in [5.41, 5.74) is 2.67. The lowest BCUT2D eigenvalue weighted by Gasteiger charge is -2.13. The number of hydrogen-bond donors (Lipinski definition) is 0. The third-order valence-corrected chi connectivity index (χ3v) is 5.31. The Bertz CT molecular complexity index is 1260. The van der Waals surface area contributed by atoms with Crippen molar-refractivity contribution in [1.82, 2.24) is 0 Å². The van der Waals surface area contributed by atoms with E-state index in [1.165, 1.54) is 0 Å². The third kappa shape index (κ3) is 5.51. The Balaban J connectivity index is 1.97. The summed E-state index contributed by atoms with van der Waals surface area (Å²) in [6.45, 7) is 0. The minimum atomic E-state index is 0.0252. The number of aliphatic imine (C=N–C) groups is 3. The predicted molar refractivity (Wildman–Crippen MR) is 144 cm³/mol. The monoisotopic (exact) mass is 471 g/mol. The summed E-state index contributed by atoms with van der Waals surface area (Å²) in [7, 11) is 0. The van der Waals surface area contributed by atoms with Crippen molar-refractivity contribution in [3.05, 3.63) is 124 Å². The van der Waals surface area contributed by atoms with Gasteiger partial charge in [-0.2, -0.15) is 0 Å². The van der Waals surface area contributed by atoms with Crippen LogP contribution in [0, 0.1) is 0 Å². The number of carbonyl (C=O) groups excluding carboxylic acids is 3. The standard InChI is InChI=1S/C30H21N3O3/c34-19-25-28(31-16-22-10-4-1-5-11-22)26(20-35)30(33-18-24-14-8-3-9-15-24)27(21-36)29(25)32-17-23-12-6-2-7-13-23/h1-21H. The fourth-order valence-corrected chi connectivity index (χ4v) is 3.56. The Labute approximate surface area is 208 Å². The van der Waals surface area contributed by atoms with E-state index >= 15 is 0 Å². The second-order valence-electron chi connectivity index (χ2n) is 7.65. The van der Waals surface area contributed by atoms with Gasteiger partial charge in [-0.3, -0.25) is 29.4 Å². The molecule has 4 aromatic carbocycles. The van der Waals surface area contributed by atoms with Gasteiger partial charge in [-0.25, -0.2) is 0 Å². The van der Waals surface area contributed by atoms with Crippen molar-refractivity contribution in [3.63, 3.8) is 0 Å². The highest BCUT2D eigenvalue weighted by atomic mass is 16.1. The zero-order chi connectivity index (χ0) is 25.2. The number of benzene rings is 4. The van der Waals surface area contributed by atoms with Crippen LogP contribution in [0.1, 0.15) is 47.8 Å². The van der Waals surface area contributed by atoms with Crippen molar-refractivity contribution < 1.29 is 14.4 Å². The number of aldehydes is 3. The van der Waals surface area contributed by atoms with Gasteiger partial charge in [0.25, 0.3) is 0 Å². The van der Waals surface area contributed by atoms with Crippen LogP contribution in [0.3, 0.4) is 0 Å². The normalized spacial score (nSPS) is 11.3. The molecule has 4 aromatic rings. The predicted octanol–water partition coefficient (Wildman–Crippen LogP) is 6.38. The van der Waals surface area contributed by atoms with Crippen LogP contribution < -0.4 is 0 Å². The minimum Gasteiger partial charge on any atom is -0.298 e. The first-order valence-electron chi connectivity index (χ1n) is 11.1. The molecule has 0 bridgehead atoms. The summed E-state index contributed by atoms with van der Waals surface area (Å²) >= 11 is 0. The van der Waals surface area contributed by atoms with E-state index in [9.17, 15) is 14.4 Å². The smallest absolute Gasteiger partial charge is 0.154 e. The van der Waals surface area contributed by atoms with Crippen molar-refractivity contribution in [2.75, 3.05) is 0 Å². The fraction of sp³-hybridized carbons (Fsp3) is 0. The lowest BCUT2D eigenvalue weighted by Crippen LogP contribution is -1.99. The Kier molecular flexibility index (Phi) is 7.91. The average Bonchev–Trinajstić information content (AvgIpc) is 2.94. The van der Waals surface area contributed by atoms with Crippen molar-refractivity contribution >= 4 is 54.6 Å². The third-order valence-electron chi connectivity index (χ3n) is 5.31. The van der Waals surface area contributed by atoms with E-state index in [2.05, 4.69) is 15.0 Å². The molecule has 0 N–H and O–H groups in total. The molecule has 0 amide bonds. The number of carbonyl (C=O) groups is 3. The second kappa shape index (κ2) is 11.9. The molecule has 0 unspecified atom stereocenters. The highest BCUT2D eigenvalue weighted by molar-refractivity contribution is 6.11. The minimum absolute atomic E-state index is 0.0252. The van der Waals surface area contributed by atoms with Crippen LogP contribution in [0.5, 0.6) is 0 Å². The maximum absolute atomic E-state index is 12.3. The van der Waals surface area contributed by atoms with Crippen LogP contribution in [-0.2, 0) is 0 Å². The summed E-state index contributed by atoms with van der Waals surface area (Å²) in [5, 5.41) is 0. The fourth-order valence-electron chi connectivity index (χ4n) is 3.56. The lowest BCUT2D eigenvalue weighted by molar-refractivity contribution is 0.112. The van der Waals surface area contributed by atoms with Crippen LogP contribution >= 0.6 is 0 Å². The molecular weight excluding hydrogens is 450 g/mol. The Morgan fingerprint density at radius 1 is 0.389 bits per heavy atom. The van der Waals surface area contributed by atoms with Crippen LogP contribution in [-0.4, -0.2) is 37.5 Å². The maximum Gasteiger partial charge on any atom is 0.154 e. The van der Waals surface area contributed by atoms with Crippen LogP contribution in [0.4, 0.5) is 17.1 Å². The number of rotatable bonds is 9. The van der Waals surface area contributed by atoms with E-state index in [0.29, 0.717) is 18.9 Å². The number of hydrogen-bond acceptors (Lipinski definition) is 6. The van der Waals surface area contributed by atoms with Gasteiger partial charge in [0.05, 0.1) is 33.8 Å². The quantitative estimate of drug-likeness (QED) is 0.210. The van der Waals surface area contributed by atoms with Crippen LogP contribution in [0.15, 0.2) is 106 Å². The van der Waals surface area contributed by atoms with E-state index in [1.54, 1.807) is 18.6 Å². The van der Waals surface area contributed by atoms with Crippen molar-refractivity contribution in [1.29, 1.82) is 0 Å². The first-order chi connectivity index (χ1) is 17.7. The van der Waals surface area contributed by atoms with Crippen molar-refractivity contribution in [2.24, 2.45) is 15.0 Å². The van der Waals surface area contributed by atoms with Gasteiger partial charge in [0.15, 0.2) is 18.9 Å². The summed E-state index contributed by atoms with van der Waals surface area (Å²) in [4.78, 5) is 50.3. The molecule has 6 heteroatoms. The molecule has 0 saturated carbocycles. The van der Waals surface area contributed by atoms with Crippen LogP contribution in [0.25, 0.3) is 0 Å². The Morgan fingerprint density at radius 2 is 0.639 bits per heavy atom. The summed E-state index contributed by atoms with van der Waals surface area (Å²) in [6, 6.07) is 27.8. The molecule has 0 aliphatic rings. The van der Waals surface area contributed by atoms with E-state index < -0.39 is 0 Å². The molecule has 0 heterocycles. The largest absolute Gasteiger partial charge is 0.298 e. The van der Waals surface area contributed by atoms with Gasteiger partial charge in [-0.15, -0.1) is 0 Å². The summed E-state index contributed by atoms with van der Waals surface area (Å²) in [5.74, 6) is 0. The van der Waals surface area contributed by atoms with Gasteiger partial charge in [-0.05, 0) is 16.7 Å². The molecule has 6 nitrogen and oxygen atoms in total. The Hall–Kier alpha value is -5.10. The zero-order valence-corrected chi connectivity index (χ0v) is 19.2. The molecule has 0 saturated heterocycles. The summed E-state index contributed by atoms with van der Waals surface area (Å²) in [6.07, 6.45) is 6.31. The average molecular weight is 472 g/mol. The highest BCUT2D eigenvalue weighted by Crippen LogP contribution is 2.41. The van der Waals surface area contributed by atoms with Crippen molar-refractivity contribution in [2.45, 2.75) is 0 Å². The van der Waals surface area contributed by atoms with E-state index in [0.717, 1.165) is 16.7 Å². The van der Waals surface area contributed by atoms with Crippen molar-refractivity contribution in [3.8, 4) is 0 Å². The Morgan fingerprint density at radius 3 is 0.861 bits per heavy atom. The lowest BCUT2D eigenvalue weighted by atomic mass is 9.98. The van der Waals surface area contributed by atoms with E-state index in [1.807, 2.05) is 91.0 Å². The first kappa shape index (κ1) is 24.0. The van der Waals surface area contributed by atoms with E-state index in [4.69, 9.17) is 0 Å². The zero-order valence-electron chi connectivity index (χ0n) is 19.2. The topological polar surface area (TPSA) is 88.3 Å².